The van der Waals surface area contributed by atoms with Gasteiger partial charge in [-0.3, -0.25) is 0 Å². The highest BCUT2D eigenvalue weighted by molar-refractivity contribution is 5.63. The second-order valence-electron chi connectivity index (χ2n) is 2.60. The van der Waals surface area contributed by atoms with Gasteiger partial charge in [-0.25, -0.2) is 0 Å². The lowest BCUT2D eigenvalue weighted by atomic mass is 10.2. The number of ether oxygens (including phenoxy) is 1. The summed E-state index contributed by atoms with van der Waals surface area (Å²) in [5.74, 6) is 0.751. The van der Waals surface area contributed by atoms with Crippen LogP contribution in [0.4, 0.5) is 11.4 Å². The first-order valence-electron chi connectivity index (χ1n) is 4.19. The number of methoxy groups -OCH3 is 1. The Morgan fingerprint density at radius 2 is 2.31 bits per heavy atom. The van der Waals surface area contributed by atoms with E-state index in [9.17, 15) is 5.21 Å². The van der Waals surface area contributed by atoms with E-state index < -0.39 is 0 Å². The number of quaternary nitrogens is 1. The zero-order valence-electron chi connectivity index (χ0n) is 7.83. The summed E-state index contributed by atoms with van der Waals surface area (Å²) in [6.07, 6.45) is 0. The van der Waals surface area contributed by atoms with E-state index in [-0.39, 0.29) is 0 Å². The molecule has 0 bridgehead atoms. The first-order valence-corrected chi connectivity index (χ1v) is 4.19. The molecule has 4 heteroatoms. The van der Waals surface area contributed by atoms with Crippen molar-refractivity contribution in [3.8, 4) is 5.75 Å². The first kappa shape index (κ1) is 9.83. The molecular weight excluding hydrogens is 168 g/mol. The highest BCUT2D eigenvalue weighted by atomic mass is 16.5. The zero-order valence-corrected chi connectivity index (χ0v) is 7.83. The van der Waals surface area contributed by atoms with Crippen LogP contribution in [0.3, 0.4) is 0 Å². The van der Waals surface area contributed by atoms with Crippen molar-refractivity contribution in [2.75, 3.05) is 19.0 Å². The minimum Gasteiger partial charge on any atom is -0.630 e. The van der Waals surface area contributed by atoms with Gasteiger partial charge in [0.1, 0.15) is 5.75 Å². The second-order valence-corrected chi connectivity index (χ2v) is 2.60. The molecular formula is C9H14N2O2. The molecule has 3 N–H and O–H groups in total. The van der Waals surface area contributed by atoms with Gasteiger partial charge in [0.05, 0.1) is 12.8 Å². The predicted molar refractivity (Wildman–Crippen MR) is 52.1 cm³/mol. The molecule has 0 atom stereocenters. The van der Waals surface area contributed by atoms with Gasteiger partial charge >= 0.3 is 0 Å². The van der Waals surface area contributed by atoms with E-state index in [4.69, 9.17) is 4.74 Å². The van der Waals surface area contributed by atoms with Gasteiger partial charge in [0.25, 0.3) is 0 Å². The summed E-state index contributed by atoms with van der Waals surface area (Å²) in [7, 11) is 1.60. The molecule has 0 aromatic heterocycles. The zero-order chi connectivity index (χ0) is 9.68. The number of rotatable bonds is 4. The normalized spacial score (nSPS) is 9.77. The molecule has 13 heavy (non-hydrogen) atoms. The molecule has 4 nitrogen and oxygen atoms in total. The molecule has 0 spiro atoms. The SMILES string of the molecule is CCNc1cc(OC)ccc1[NH2+][O-]. The van der Waals surface area contributed by atoms with Crippen molar-refractivity contribution in [1.29, 1.82) is 0 Å². The average molecular weight is 182 g/mol. The van der Waals surface area contributed by atoms with Crippen LogP contribution in [0.25, 0.3) is 0 Å². The molecule has 1 aromatic rings. The van der Waals surface area contributed by atoms with Gasteiger partial charge in [-0.2, -0.15) is 0 Å². The summed E-state index contributed by atoms with van der Waals surface area (Å²) in [5.41, 5.74) is 2.30. The number of nitrogens with one attached hydrogen (secondary N) is 1. The van der Waals surface area contributed by atoms with Crippen molar-refractivity contribution < 1.29 is 10.2 Å². The van der Waals surface area contributed by atoms with Crippen molar-refractivity contribution in [3.63, 3.8) is 0 Å². The van der Waals surface area contributed by atoms with Crippen molar-refractivity contribution in [3.05, 3.63) is 23.4 Å². The molecule has 72 valence electrons. The van der Waals surface area contributed by atoms with Crippen LogP contribution < -0.4 is 15.5 Å². The van der Waals surface area contributed by atoms with Crippen LogP contribution in [0, 0.1) is 5.21 Å². The van der Waals surface area contributed by atoms with Gasteiger partial charge in [-0.05, 0) is 13.0 Å². The van der Waals surface area contributed by atoms with Gasteiger partial charge in [0, 0.05) is 18.7 Å². The van der Waals surface area contributed by atoms with Crippen molar-refractivity contribution >= 4 is 11.4 Å². The Labute approximate surface area is 77.5 Å². The smallest absolute Gasteiger partial charge is 0.153 e. The van der Waals surface area contributed by atoms with E-state index in [0.29, 0.717) is 5.69 Å². The predicted octanol–water partition coefficient (Wildman–Crippen LogP) is 0.820. The molecule has 1 rings (SSSR count). The number of hydrogen-bond donors (Lipinski definition) is 2. The maximum Gasteiger partial charge on any atom is 0.153 e. The first-order chi connectivity index (χ1) is 6.31. The second kappa shape index (κ2) is 4.69. The fraction of sp³-hybridized carbons (Fsp3) is 0.333. The third kappa shape index (κ3) is 2.34. The van der Waals surface area contributed by atoms with Crippen LogP contribution in [-0.2, 0) is 0 Å². The quantitative estimate of drug-likeness (QED) is 0.535. The Bertz CT molecular complexity index is 276. The van der Waals surface area contributed by atoms with E-state index in [1.807, 2.05) is 13.0 Å². The lowest BCUT2D eigenvalue weighted by Gasteiger charge is -2.10. The third-order valence-electron chi connectivity index (χ3n) is 1.75. The molecule has 1 aromatic carbocycles. The standard InChI is InChI=1S/C9H14N2O2/c1-3-10-9-6-7(13-2)4-5-8(9)11-12/h4-6,10H,3,11H2,1-2H3. The Morgan fingerprint density at radius 1 is 1.54 bits per heavy atom. The van der Waals surface area contributed by atoms with Crippen LogP contribution in [0.5, 0.6) is 5.75 Å². The van der Waals surface area contributed by atoms with Gasteiger partial charge in [0.2, 0.25) is 0 Å². The Balaban J connectivity index is 2.95. The van der Waals surface area contributed by atoms with Gasteiger partial charge in [-0.15, -0.1) is 0 Å². The number of benzene rings is 1. The Hall–Kier alpha value is -1.26. The molecule has 0 radical (unpaired) electrons. The summed E-state index contributed by atoms with van der Waals surface area (Å²) in [4.78, 5) is 0. The van der Waals surface area contributed by atoms with Crippen molar-refractivity contribution in [2.45, 2.75) is 6.92 Å². The molecule has 0 aliphatic heterocycles. The van der Waals surface area contributed by atoms with Crippen LogP contribution in [0.2, 0.25) is 0 Å². The summed E-state index contributed by atoms with van der Waals surface area (Å²) < 4.78 is 5.04. The topological polar surface area (TPSA) is 60.9 Å². The largest absolute Gasteiger partial charge is 0.630 e. The van der Waals surface area contributed by atoms with Crippen molar-refractivity contribution in [2.24, 2.45) is 0 Å². The number of hydrogen-bond acceptors (Lipinski definition) is 3. The molecule has 0 saturated heterocycles. The van der Waals surface area contributed by atoms with E-state index in [0.717, 1.165) is 23.5 Å². The fourth-order valence-electron chi connectivity index (χ4n) is 1.11. The van der Waals surface area contributed by atoms with Crippen LogP contribution >= 0.6 is 0 Å². The van der Waals surface area contributed by atoms with Crippen molar-refractivity contribution in [1.82, 2.24) is 0 Å². The molecule has 0 heterocycles. The lowest BCUT2D eigenvalue weighted by molar-refractivity contribution is -0.496. The summed E-state index contributed by atoms with van der Waals surface area (Å²) in [5, 5.41) is 13.7. The van der Waals surface area contributed by atoms with E-state index >= 15 is 0 Å². The summed E-state index contributed by atoms with van der Waals surface area (Å²) in [6.45, 7) is 2.77. The minimum absolute atomic E-state index is 0.655. The molecule has 0 aliphatic rings. The monoisotopic (exact) mass is 182 g/mol. The highest BCUT2D eigenvalue weighted by Gasteiger charge is 2.03. The highest BCUT2D eigenvalue weighted by Crippen LogP contribution is 2.23. The molecule has 0 aliphatic carbocycles. The molecule has 0 saturated carbocycles. The van der Waals surface area contributed by atoms with Crippen LogP contribution in [0.15, 0.2) is 18.2 Å². The van der Waals surface area contributed by atoms with E-state index in [1.165, 1.54) is 0 Å². The van der Waals surface area contributed by atoms with Gasteiger partial charge < -0.3 is 20.7 Å². The fourth-order valence-corrected chi connectivity index (χ4v) is 1.11. The summed E-state index contributed by atoms with van der Waals surface area (Å²) >= 11 is 0. The van der Waals surface area contributed by atoms with E-state index in [1.54, 1.807) is 19.2 Å². The number of anilines is 1. The minimum atomic E-state index is 0.655. The maximum absolute atomic E-state index is 10.6. The lowest BCUT2D eigenvalue weighted by Crippen LogP contribution is -2.70. The number of nitrogens with two attached hydrogens (primary N) is 1. The summed E-state index contributed by atoms with van der Waals surface area (Å²) in [6, 6.07) is 5.32. The Morgan fingerprint density at radius 3 is 2.85 bits per heavy atom. The molecule has 0 unspecified atom stereocenters. The maximum atomic E-state index is 10.6. The average Bonchev–Trinajstić information content (AvgIpc) is 2.18. The third-order valence-corrected chi connectivity index (χ3v) is 1.75. The van der Waals surface area contributed by atoms with E-state index in [2.05, 4.69) is 5.32 Å². The van der Waals surface area contributed by atoms with Gasteiger partial charge in [-0.1, -0.05) is 0 Å². The van der Waals surface area contributed by atoms with Crippen LogP contribution in [0.1, 0.15) is 6.92 Å². The Kier molecular flexibility index (Phi) is 3.54. The molecule has 0 fully saturated rings. The van der Waals surface area contributed by atoms with Crippen LogP contribution in [-0.4, -0.2) is 13.7 Å². The molecule has 0 amide bonds. The van der Waals surface area contributed by atoms with Gasteiger partial charge in [0.15, 0.2) is 5.69 Å².